The van der Waals surface area contributed by atoms with Gasteiger partial charge in [0.25, 0.3) is 11.4 Å². The van der Waals surface area contributed by atoms with Crippen molar-refractivity contribution in [2.75, 3.05) is 9.80 Å². The molecule has 0 aromatic heterocycles. The molecule has 0 bridgehead atoms. The van der Waals surface area contributed by atoms with Gasteiger partial charge in [0.05, 0.1) is 21.2 Å². The third-order valence-electron chi connectivity index (χ3n) is 4.46. The zero-order valence-electron chi connectivity index (χ0n) is 14.0. The lowest BCUT2D eigenvalue weighted by atomic mass is 10.2. The molecule has 2 aromatic carbocycles. The third-order valence-corrected chi connectivity index (χ3v) is 4.46. The molecule has 0 saturated carbocycles. The molecule has 0 radical (unpaired) electrons. The molecule has 2 fully saturated rings. The molecule has 2 aromatic rings. The first kappa shape index (κ1) is 17.2. The number of benzene rings is 2. The Morgan fingerprint density at radius 3 is 1.61 bits per heavy atom. The number of carbonyl (C=O) groups is 2. The van der Waals surface area contributed by atoms with Gasteiger partial charge in [0.1, 0.15) is 0 Å². The van der Waals surface area contributed by atoms with Gasteiger partial charge in [0, 0.05) is 24.3 Å². The van der Waals surface area contributed by atoms with Crippen molar-refractivity contribution in [3.63, 3.8) is 0 Å². The lowest BCUT2D eigenvalue weighted by Gasteiger charge is -2.22. The molecule has 2 saturated heterocycles. The molecule has 2 atom stereocenters. The first-order valence-electron chi connectivity index (χ1n) is 8.05. The summed E-state index contributed by atoms with van der Waals surface area (Å²) in [6, 6.07) is 9.74. The SMILES string of the molecule is O=C1NC2C(N1)N(c1cccc([N+](=O)[O-])c1)C(=O)N2c1cccc([N+](=O)[O-])c1. The standard InChI is InChI=1S/C16H12N6O6/c23-15-17-13-14(18-15)20(10-4-2-6-12(8-10)22(27)28)16(24)19(13)9-3-1-5-11(7-9)21(25)26/h1-8,13-14H,(H2,17,18,23). The topological polar surface area (TPSA) is 151 Å². The van der Waals surface area contributed by atoms with Gasteiger partial charge in [-0.1, -0.05) is 12.1 Å². The lowest BCUT2D eigenvalue weighted by Crippen LogP contribution is -2.43. The number of anilines is 2. The van der Waals surface area contributed by atoms with Crippen LogP contribution in [0.2, 0.25) is 0 Å². The van der Waals surface area contributed by atoms with Crippen LogP contribution in [0.1, 0.15) is 0 Å². The fourth-order valence-corrected chi connectivity index (χ4v) is 3.29. The van der Waals surface area contributed by atoms with Gasteiger partial charge in [0.2, 0.25) is 0 Å². The maximum atomic E-state index is 13.1. The van der Waals surface area contributed by atoms with Crippen LogP contribution in [-0.2, 0) is 0 Å². The molecule has 2 unspecified atom stereocenters. The Balaban J connectivity index is 1.78. The molecular formula is C16H12N6O6. The van der Waals surface area contributed by atoms with Gasteiger partial charge in [-0.2, -0.15) is 0 Å². The molecule has 2 N–H and O–H groups in total. The zero-order chi connectivity index (χ0) is 20.0. The number of fused-ring (bicyclic) bond motifs is 1. The summed E-state index contributed by atoms with van der Waals surface area (Å²) in [6.07, 6.45) is -1.69. The van der Waals surface area contributed by atoms with Crippen LogP contribution in [0, 0.1) is 20.2 Å². The van der Waals surface area contributed by atoms with Gasteiger partial charge < -0.3 is 10.6 Å². The van der Waals surface area contributed by atoms with E-state index in [1.807, 2.05) is 0 Å². The van der Waals surface area contributed by atoms with E-state index in [9.17, 15) is 29.8 Å². The second-order valence-electron chi connectivity index (χ2n) is 6.08. The van der Waals surface area contributed by atoms with E-state index in [4.69, 9.17) is 0 Å². The van der Waals surface area contributed by atoms with E-state index in [1.54, 1.807) is 0 Å². The third kappa shape index (κ3) is 2.63. The van der Waals surface area contributed by atoms with Crippen molar-refractivity contribution >= 4 is 34.8 Å². The number of hydrogen-bond donors (Lipinski definition) is 2. The van der Waals surface area contributed by atoms with Crippen molar-refractivity contribution in [3.05, 3.63) is 68.8 Å². The van der Waals surface area contributed by atoms with Crippen LogP contribution in [0.4, 0.5) is 32.3 Å². The fourth-order valence-electron chi connectivity index (χ4n) is 3.29. The van der Waals surface area contributed by atoms with E-state index in [-0.39, 0.29) is 22.7 Å². The normalized spacial score (nSPS) is 20.6. The van der Waals surface area contributed by atoms with Crippen LogP contribution in [-0.4, -0.2) is 34.2 Å². The molecule has 12 nitrogen and oxygen atoms in total. The molecule has 2 aliphatic rings. The van der Waals surface area contributed by atoms with Crippen molar-refractivity contribution in [2.45, 2.75) is 12.3 Å². The number of nitrogens with zero attached hydrogens (tertiary/aromatic N) is 4. The van der Waals surface area contributed by atoms with Gasteiger partial charge in [-0.15, -0.1) is 0 Å². The summed E-state index contributed by atoms with van der Waals surface area (Å²) >= 11 is 0. The number of rotatable bonds is 4. The number of nitro groups is 2. The number of carbonyl (C=O) groups excluding carboxylic acids is 2. The van der Waals surface area contributed by atoms with Crippen LogP contribution in [0.15, 0.2) is 48.5 Å². The second-order valence-corrected chi connectivity index (χ2v) is 6.08. The van der Waals surface area contributed by atoms with E-state index in [0.29, 0.717) is 0 Å². The Hall–Kier alpha value is -4.22. The summed E-state index contributed by atoms with van der Waals surface area (Å²) in [4.78, 5) is 48.3. The molecule has 2 aliphatic heterocycles. The summed E-state index contributed by atoms with van der Waals surface area (Å²) in [5.41, 5.74) is -0.00174. The molecule has 0 aliphatic carbocycles. The maximum absolute atomic E-state index is 13.1. The van der Waals surface area contributed by atoms with Crippen LogP contribution in [0.3, 0.4) is 0 Å². The molecular weight excluding hydrogens is 372 g/mol. The lowest BCUT2D eigenvalue weighted by molar-refractivity contribution is -0.385. The average molecular weight is 384 g/mol. The Kier molecular flexibility index (Phi) is 3.80. The number of amides is 4. The van der Waals surface area contributed by atoms with Crippen LogP contribution < -0.4 is 20.4 Å². The van der Waals surface area contributed by atoms with Gasteiger partial charge in [-0.05, 0) is 12.1 Å². The maximum Gasteiger partial charge on any atom is 0.332 e. The van der Waals surface area contributed by atoms with Crippen LogP contribution in [0.25, 0.3) is 0 Å². The number of hydrogen-bond acceptors (Lipinski definition) is 6. The minimum Gasteiger partial charge on any atom is -0.314 e. The van der Waals surface area contributed by atoms with Gasteiger partial charge >= 0.3 is 12.1 Å². The Bertz CT molecular complexity index is 949. The number of nitro benzene ring substituents is 2. The van der Waals surface area contributed by atoms with E-state index >= 15 is 0 Å². The summed E-state index contributed by atoms with van der Waals surface area (Å²) in [5.74, 6) is 0. The second kappa shape index (κ2) is 6.19. The highest BCUT2D eigenvalue weighted by molar-refractivity contribution is 6.09. The molecule has 28 heavy (non-hydrogen) atoms. The van der Waals surface area contributed by atoms with Crippen molar-refractivity contribution in [2.24, 2.45) is 0 Å². The molecule has 12 heteroatoms. The van der Waals surface area contributed by atoms with E-state index in [2.05, 4.69) is 10.6 Å². The summed E-state index contributed by atoms with van der Waals surface area (Å²) in [5, 5.41) is 27.3. The molecule has 4 rings (SSSR count). The Morgan fingerprint density at radius 1 is 0.786 bits per heavy atom. The Morgan fingerprint density at radius 2 is 1.21 bits per heavy atom. The van der Waals surface area contributed by atoms with Crippen LogP contribution in [0.5, 0.6) is 0 Å². The largest absolute Gasteiger partial charge is 0.332 e. The Labute approximate surface area is 156 Å². The van der Waals surface area contributed by atoms with Gasteiger partial charge in [0.15, 0.2) is 12.3 Å². The van der Waals surface area contributed by atoms with Gasteiger partial charge in [-0.3, -0.25) is 30.0 Å². The predicted molar refractivity (Wildman–Crippen MR) is 95.8 cm³/mol. The van der Waals surface area contributed by atoms with Crippen molar-refractivity contribution in [1.82, 2.24) is 10.6 Å². The summed E-state index contributed by atoms with van der Waals surface area (Å²) in [7, 11) is 0. The highest BCUT2D eigenvalue weighted by Crippen LogP contribution is 2.35. The first-order chi connectivity index (χ1) is 13.4. The van der Waals surface area contributed by atoms with Crippen LogP contribution >= 0.6 is 0 Å². The first-order valence-corrected chi connectivity index (χ1v) is 8.05. The highest BCUT2D eigenvalue weighted by atomic mass is 16.6. The zero-order valence-corrected chi connectivity index (χ0v) is 14.0. The molecule has 2 heterocycles. The number of nitrogens with one attached hydrogen (secondary N) is 2. The summed E-state index contributed by atoms with van der Waals surface area (Å²) < 4.78 is 0. The molecule has 4 amide bonds. The van der Waals surface area contributed by atoms with E-state index < -0.39 is 34.2 Å². The number of urea groups is 2. The van der Waals surface area contributed by atoms with Crippen molar-refractivity contribution < 1.29 is 19.4 Å². The van der Waals surface area contributed by atoms with E-state index in [0.717, 1.165) is 0 Å². The average Bonchev–Trinajstić information content (AvgIpc) is 3.15. The molecule has 142 valence electrons. The van der Waals surface area contributed by atoms with E-state index in [1.165, 1.54) is 58.3 Å². The number of non-ortho nitro benzene ring substituents is 2. The fraction of sp³-hybridized carbons (Fsp3) is 0.125. The monoisotopic (exact) mass is 384 g/mol. The summed E-state index contributed by atoms with van der Waals surface area (Å²) in [6.45, 7) is 0. The minimum atomic E-state index is -0.846. The van der Waals surface area contributed by atoms with Crippen molar-refractivity contribution in [1.29, 1.82) is 0 Å². The molecule has 0 spiro atoms. The van der Waals surface area contributed by atoms with Crippen molar-refractivity contribution in [3.8, 4) is 0 Å². The smallest absolute Gasteiger partial charge is 0.314 e. The van der Waals surface area contributed by atoms with Gasteiger partial charge in [-0.25, -0.2) is 9.59 Å². The highest BCUT2D eigenvalue weighted by Gasteiger charge is 2.52. The quantitative estimate of drug-likeness (QED) is 0.607. The predicted octanol–water partition coefficient (Wildman–Crippen LogP) is 1.91. The minimum absolute atomic E-state index is 0.214.